The molecule has 0 aliphatic carbocycles. The molecule has 1 aromatic rings. The fraction of sp³-hybridized carbons (Fsp3) is 0.786. The summed E-state index contributed by atoms with van der Waals surface area (Å²) in [6, 6.07) is 2.20. The topological polar surface area (TPSA) is 33.1 Å². The average molecular weight is 250 g/mol. The zero-order chi connectivity index (χ0) is 13.2. The first-order chi connectivity index (χ1) is 8.58. The van der Waals surface area contributed by atoms with Crippen molar-refractivity contribution in [3.63, 3.8) is 0 Å². The van der Waals surface area contributed by atoms with Gasteiger partial charge in [0.25, 0.3) is 0 Å². The summed E-state index contributed by atoms with van der Waals surface area (Å²) in [6.07, 6.45) is 2.40. The van der Waals surface area contributed by atoms with Gasteiger partial charge in [-0.25, -0.2) is 0 Å². The van der Waals surface area contributed by atoms with Crippen molar-refractivity contribution in [1.29, 1.82) is 0 Å². The summed E-state index contributed by atoms with van der Waals surface area (Å²) in [5.74, 6) is 0. The van der Waals surface area contributed by atoms with Crippen molar-refractivity contribution in [3.8, 4) is 0 Å². The van der Waals surface area contributed by atoms with E-state index in [1.165, 1.54) is 18.5 Å². The van der Waals surface area contributed by atoms with Crippen molar-refractivity contribution in [3.05, 3.63) is 17.5 Å². The third-order valence-electron chi connectivity index (χ3n) is 4.29. The fourth-order valence-electron chi connectivity index (χ4n) is 2.94. The first kappa shape index (κ1) is 13.6. The molecule has 2 rings (SSSR count). The Hall–Kier alpha value is -0.870. The number of aryl methyl sites for hydroxylation is 2. The molecule has 0 unspecified atom stereocenters. The van der Waals surface area contributed by atoms with Gasteiger partial charge in [-0.15, -0.1) is 0 Å². The second kappa shape index (κ2) is 5.41. The molecule has 1 aliphatic rings. The van der Waals surface area contributed by atoms with Gasteiger partial charge in [0.2, 0.25) is 0 Å². The Morgan fingerprint density at radius 2 is 2.11 bits per heavy atom. The van der Waals surface area contributed by atoms with E-state index in [1.807, 2.05) is 11.7 Å². The average Bonchev–Trinajstić information content (AvgIpc) is 2.68. The maximum atomic E-state index is 4.43. The normalized spacial score (nSPS) is 20.2. The molecular formula is C14H26N4. The Balaban J connectivity index is 2.03. The largest absolute Gasteiger partial charge is 0.309 e. The summed E-state index contributed by atoms with van der Waals surface area (Å²) in [4.78, 5) is 2.56. The van der Waals surface area contributed by atoms with Gasteiger partial charge in [-0.2, -0.15) is 5.10 Å². The van der Waals surface area contributed by atoms with Crippen LogP contribution in [0.5, 0.6) is 0 Å². The Kier molecular flexibility index (Phi) is 4.07. The lowest BCUT2D eigenvalue weighted by atomic mass is 9.90. The van der Waals surface area contributed by atoms with E-state index < -0.39 is 0 Å². The standard InChI is InChI=1S/C14H26N4/c1-5-14(6-2)11-18(8-7-15-14)10-13-9-12(3)16-17(13)4/h9,15H,5-8,10-11H2,1-4H3. The van der Waals surface area contributed by atoms with Crippen LogP contribution in [0, 0.1) is 6.92 Å². The van der Waals surface area contributed by atoms with E-state index >= 15 is 0 Å². The maximum absolute atomic E-state index is 4.43. The third-order valence-corrected chi connectivity index (χ3v) is 4.29. The van der Waals surface area contributed by atoms with Crippen LogP contribution in [0.3, 0.4) is 0 Å². The number of rotatable bonds is 4. The van der Waals surface area contributed by atoms with Crippen LogP contribution in [-0.2, 0) is 13.6 Å². The number of nitrogens with zero attached hydrogens (tertiary/aromatic N) is 3. The quantitative estimate of drug-likeness (QED) is 0.883. The fourth-order valence-corrected chi connectivity index (χ4v) is 2.94. The molecule has 0 aromatic carbocycles. The molecule has 1 aliphatic heterocycles. The highest BCUT2D eigenvalue weighted by Crippen LogP contribution is 2.21. The Morgan fingerprint density at radius 1 is 1.39 bits per heavy atom. The molecule has 0 radical (unpaired) electrons. The lowest BCUT2D eigenvalue weighted by Gasteiger charge is -2.43. The van der Waals surface area contributed by atoms with Crippen molar-refractivity contribution < 1.29 is 0 Å². The molecule has 0 amide bonds. The summed E-state index contributed by atoms with van der Waals surface area (Å²) < 4.78 is 2.01. The minimum absolute atomic E-state index is 0.311. The zero-order valence-corrected chi connectivity index (χ0v) is 12.2. The van der Waals surface area contributed by atoms with Gasteiger partial charge in [0.1, 0.15) is 0 Å². The lowest BCUT2D eigenvalue weighted by molar-refractivity contribution is 0.116. The number of nitrogens with one attached hydrogen (secondary N) is 1. The number of hydrogen-bond acceptors (Lipinski definition) is 3. The summed E-state index contributed by atoms with van der Waals surface area (Å²) in [7, 11) is 2.04. The Bertz CT molecular complexity index is 392. The van der Waals surface area contributed by atoms with E-state index in [2.05, 4.69) is 42.2 Å². The zero-order valence-electron chi connectivity index (χ0n) is 12.2. The number of aromatic nitrogens is 2. The van der Waals surface area contributed by atoms with Crippen LogP contribution in [0.2, 0.25) is 0 Å². The van der Waals surface area contributed by atoms with Crippen LogP contribution in [0.1, 0.15) is 38.1 Å². The Labute approximate surface area is 110 Å². The van der Waals surface area contributed by atoms with Crippen molar-refractivity contribution >= 4 is 0 Å². The molecule has 102 valence electrons. The molecule has 18 heavy (non-hydrogen) atoms. The van der Waals surface area contributed by atoms with Gasteiger partial charge in [-0.05, 0) is 25.8 Å². The third kappa shape index (κ3) is 2.75. The molecule has 0 bridgehead atoms. The summed E-state index contributed by atoms with van der Waals surface area (Å²) in [6.45, 7) is 11.0. The number of piperazine rings is 1. The van der Waals surface area contributed by atoms with Crippen LogP contribution in [0.25, 0.3) is 0 Å². The smallest absolute Gasteiger partial charge is 0.0597 e. The summed E-state index contributed by atoms with van der Waals surface area (Å²) in [5, 5.41) is 8.13. The predicted octanol–water partition coefficient (Wildman–Crippen LogP) is 1.69. The van der Waals surface area contributed by atoms with Crippen LogP contribution in [-0.4, -0.2) is 39.9 Å². The van der Waals surface area contributed by atoms with Crippen molar-refractivity contribution in [2.45, 2.75) is 45.7 Å². The highest BCUT2D eigenvalue weighted by molar-refractivity contribution is 5.09. The first-order valence-corrected chi connectivity index (χ1v) is 7.05. The molecule has 0 spiro atoms. The monoisotopic (exact) mass is 250 g/mol. The molecule has 1 N–H and O–H groups in total. The van der Waals surface area contributed by atoms with E-state index in [9.17, 15) is 0 Å². The van der Waals surface area contributed by atoms with Gasteiger partial charge in [0, 0.05) is 38.8 Å². The SMILES string of the molecule is CCC1(CC)CN(Cc2cc(C)nn2C)CCN1. The molecule has 1 fully saturated rings. The predicted molar refractivity (Wildman–Crippen MR) is 74.5 cm³/mol. The number of hydrogen-bond donors (Lipinski definition) is 1. The van der Waals surface area contributed by atoms with E-state index in [4.69, 9.17) is 0 Å². The minimum Gasteiger partial charge on any atom is -0.309 e. The Morgan fingerprint density at radius 3 is 2.67 bits per heavy atom. The molecular weight excluding hydrogens is 224 g/mol. The maximum Gasteiger partial charge on any atom is 0.0597 e. The van der Waals surface area contributed by atoms with E-state index in [1.54, 1.807) is 0 Å². The van der Waals surface area contributed by atoms with Gasteiger partial charge >= 0.3 is 0 Å². The van der Waals surface area contributed by atoms with E-state index in [0.29, 0.717) is 5.54 Å². The highest BCUT2D eigenvalue weighted by atomic mass is 15.3. The van der Waals surface area contributed by atoms with Crippen LogP contribution in [0.4, 0.5) is 0 Å². The van der Waals surface area contributed by atoms with E-state index in [-0.39, 0.29) is 0 Å². The molecule has 1 saturated heterocycles. The van der Waals surface area contributed by atoms with Crippen molar-refractivity contribution in [2.75, 3.05) is 19.6 Å². The van der Waals surface area contributed by atoms with Crippen molar-refractivity contribution in [1.82, 2.24) is 20.0 Å². The first-order valence-electron chi connectivity index (χ1n) is 7.05. The second-order valence-corrected chi connectivity index (χ2v) is 5.53. The summed E-state index contributed by atoms with van der Waals surface area (Å²) in [5.41, 5.74) is 2.74. The second-order valence-electron chi connectivity index (χ2n) is 5.53. The van der Waals surface area contributed by atoms with Gasteiger partial charge in [0.05, 0.1) is 11.4 Å². The van der Waals surface area contributed by atoms with Gasteiger partial charge in [0.15, 0.2) is 0 Å². The molecule has 0 saturated carbocycles. The van der Waals surface area contributed by atoms with Gasteiger partial charge in [-0.3, -0.25) is 9.58 Å². The van der Waals surface area contributed by atoms with Crippen LogP contribution in [0.15, 0.2) is 6.07 Å². The van der Waals surface area contributed by atoms with Gasteiger partial charge in [-0.1, -0.05) is 13.8 Å². The van der Waals surface area contributed by atoms with E-state index in [0.717, 1.165) is 31.9 Å². The van der Waals surface area contributed by atoms with Crippen molar-refractivity contribution in [2.24, 2.45) is 7.05 Å². The van der Waals surface area contributed by atoms with Crippen LogP contribution < -0.4 is 5.32 Å². The highest BCUT2D eigenvalue weighted by Gasteiger charge is 2.31. The lowest BCUT2D eigenvalue weighted by Crippen LogP contribution is -2.59. The molecule has 2 heterocycles. The molecule has 1 aromatic heterocycles. The summed E-state index contributed by atoms with van der Waals surface area (Å²) >= 11 is 0. The van der Waals surface area contributed by atoms with Crippen LogP contribution >= 0.6 is 0 Å². The van der Waals surface area contributed by atoms with Gasteiger partial charge < -0.3 is 5.32 Å². The minimum atomic E-state index is 0.311. The molecule has 0 atom stereocenters. The molecule has 4 nitrogen and oxygen atoms in total. The molecule has 4 heteroatoms.